The Hall–Kier alpha value is -3.02. The molecule has 0 aliphatic carbocycles. The molecule has 1 amide bonds. The molecule has 1 atom stereocenters. The van der Waals surface area contributed by atoms with Crippen molar-refractivity contribution in [2.75, 3.05) is 12.4 Å². The minimum Gasteiger partial charge on any atom is -0.467 e. The molecule has 0 spiro atoms. The number of carbonyl (C=O) groups is 2. The molecule has 2 aromatic carbocycles. The molecule has 1 aliphatic rings. The fourth-order valence-electron chi connectivity index (χ4n) is 3.59. The highest BCUT2D eigenvalue weighted by Gasteiger charge is 2.33. The van der Waals surface area contributed by atoms with Gasteiger partial charge < -0.3 is 20.1 Å². The van der Waals surface area contributed by atoms with Gasteiger partial charge in [0.05, 0.1) is 12.6 Å². The lowest BCUT2D eigenvalue weighted by Gasteiger charge is -2.40. The van der Waals surface area contributed by atoms with E-state index in [-0.39, 0.29) is 5.54 Å². The lowest BCUT2D eigenvalue weighted by Crippen LogP contribution is -2.45. The molecule has 2 N–H and O–H groups in total. The maximum absolute atomic E-state index is 12.2. The summed E-state index contributed by atoms with van der Waals surface area (Å²) in [6.45, 7) is 9.62. The Labute approximate surface area is 178 Å². The van der Waals surface area contributed by atoms with E-state index >= 15 is 0 Å². The molecule has 2 aromatic rings. The quantitative estimate of drug-likeness (QED) is 0.703. The summed E-state index contributed by atoms with van der Waals surface area (Å²) in [7, 11) is 1.31. The van der Waals surface area contributed by atoms with Gasteiger partial charge in [-0.2, -0.15) is 0 Å². The fourth-order valence-corrected chi connectivity index (χ4v) is 3.59. The van der Waals surface area contributed by atoms with E-state index in [9.17, 15) is 9.59 Å². The molecule has 160 valence electrons. The van der Waals surface area contributed by atoms with Gasteiger partial charge in [-0.3, -0.25) is 0 Å². The number of fused-ring (bicyclic) bond motifs is 1. The minimum absolute atomic E-state index is 0.0315. The first-order chi connectivity index (χ1) is 14.0. The number of anilines is 1. The van der Waals surface area contributed by atoms with Crippen LogP contribution in [0.4, 0.5) is 10.5 Å². The SMILES string of the molecule is COC(=O)[C@H](Cc1cccc(-c2ccc3c(c2)C(C)(C)N3)c1)NC(=O)OC(C)(C)C. The summed E-state index contributed by atoms with van der Waals surface area (Å²) in [6, 6.07) is 13.5. The summed E-state index contributed by atoms with van der Waals surface area (Å²) in [5.41, 5.74) is 4.84. The molecule has 0 radical (unpaired) electrons. The largest absolute Gasteiger partial charge is 0.467 e. The van der Waals surface area contributed by atoms with Crippen molar-refractivity contribution in [3.05, 3.63) is 53.6 Å². The number of rotatable bonds is 5. The third kappa shape index (κ3) is 4.93. The van der Waals surface area contributed by atoms with Gasteiger partial charge in [0.2, 0.25) is 0 Å². The van der Waals surface area contributed by atoms with Crippen LogP contribution in [0.3, 0.4) is 0 Å². The van der Waals surface area contributed by atoms with E-state index in [2.05, 4.69) is 42.7 Å². The lowest BCUT2D eigenvalue weighted by atomic mass is 9.83. The first kappa shape index (κ1) is 21.7. The second-order valence-corrected chi connectivity index (χ2v) is 9.14. The maximum Gasteiger partial charge on any atom is 0.408 e. The highest BCUT2D eigenvalue weighted by Crippen LogP contribution is 2.42. The summed E-state index contributed by atoms with van der Waals surface area (Å²) >= 11 is 0. The third-order valence-corrected chi connectivity index (χ3v) is 5.02. The van der Waals surface area contributed by atoms with Crippen LogP contribution in [0, 0.1) is 0 Å². The molecule has 0 aromatic heterocycles. The summed E-state index contributed by atoms with van der Waals surface area (Å²) in [4.78, 5) is 24.4. The molecule has 0 unspecified atom stereocenters. The van der Waals surface area contributed by atoms with E-state index < -0.39 is 23.7 Å². The number of esters is 1. The van der Waals surface area contributed by atoms with Crippen LogP contribution in [-0.4, -0.2) is 30.8 Å². The van der Waals surface area contributed by atoms with Gasteiger partial charge in [-0.15, -0.1) is 0 Å². The van der Waals surface area contributed by atoms with Gasteiger partial charge in [-0.05, 0) is 63.4 Å². The van der Waals surface area contributed by atoms with Crippen molar-refractivity contribution < 1.29 is 19.1 Å². The van der Waals surface area contributed by atoms with Crippen LogP contribution in [0.5, 0.6) is 0 Å². The first-order valence-corrected chi connectivity index (χ1v) is 10.1. The maximum atomic E-state index is 12.2. The van der Waals surface area contributed by atoms with E-state index in [0.717, 1.165) is 22.4 Å². The van der Waals surface area contributed by atoms with Crippen LogP contribution in [0.2, 0.25) is 0 Å². The number of hydrogen-bond donors (Lipinski definition) is 2. The van der Waals surface area contributed by atoms with Crippen molar-refractivity contribution in [2.24, 2.45) is 0 Å². The highest BCUT2D eigenvalue weighted by atomic mass is 16.6. The Bertz CT molecular complexity index is 960. The molecular weight excluding hydrogens is 380 g/mol. The number of hydrogen-bond acceptors (Lipinski definition) is 5. The molecule has 30 heavy (non-hydrogen) atoms. The first-order valence-electron chi connectivity index (χ1n) is 10.1. The van der Waals surface area contributed by atoms with Crippen molar-refractivity contribution in [3.63, 3.8) is 0 Å². The molecule has 6 heteroatoms. The Morgan fingerprint density at radius 1 is 1.10 bits per heavy atom. The average molecular weight is 411 g/mol. The predicted molar refractivity (Wildman–Crippen MR) is 117 cm³/mol. The molecule has 3 rings (SSSR count). The topological polar surface area (TPSA) is 76.7 Å². The van der Waals surface area contributed by atoms with Crippen LogP contribution >= 0.6 is 0 Å². The average Bonchev–Trinajstić information content (AvgIpc) is 2.65. The molecule has 1 aliphatic heterocycles. The van der Waals surface area contributed by atoms with E-state index in [1.165, 1.54) is 12.7 Å². The number of ether oxygens (including phenoxy) is 2. The number of methoxy groups -OCH3 is 1. The van der Waals surface area contributed by atoms with Gasteiger partial charge in [0.1, 0.15) is 11.6 Å². The Balaban J connectivity index is 1.79. The lowest BCUT2D eigenvalue weighted by molar-refractivity contribution is -0.143. The molecule has 0 saturated carbocycles. The van der Waals surface area contributed by atoms with E-state index in [1.54, 1.807) is 20.8 Å². The second-order valence-electron chi connectivity index (χ2n) is 9.14. The predicted octanol–water partition coefficient (Wildman–Crippen LogP) is 4.62. The van der Waals surface area contributed by atoms with Crippen LogP contribution < -0.4 is 10.6 Å². The smallest absolute Gasteiger partial charge is 0.408 e. The molecule has 0 fully saturated rings. The van der Waals surface area contributed by atoms with Crippen molar-refractivity contribution in [1.29, 1.82) is 0 Å². The Morgan fingerprint density at radius 3 is 2.43 bits per heavy atom. The molecule has 0 bridgehead atoms. The summed E-state index contributed by atoms with van der Waals surface area (Å²) in [5.74, 6) is -0.514. The van der Waals surface area contributed by atoms with Crippen molar-refractivity contribution in [2.45, 2.75) is 58.2 Å². The fraction of sp³-hybridized carbons (Fsp3) is 0.417. The normalized spacial score (nSPS) is 15.1. The summed E-state index contributed by atoms with van der Waals surface area (Å²) in [5, 5.41) is 6.05. The Kier molecular flexibility index (Phi) is 5.79. The van der Waals surface area contributed by atoms with Crippen LogP contribution in [0.1, 0.15) is 45.7 Å². The molecule has 6 nitrogen and oxygen atoms in total. The van der Waals surface area contributed by atoms with Crippen molar-refractivity contribution in [3.8, 4) is 11.1 Å². The number of carbonyl (C=O) groups excluding carboxylic acids is 2. The highest BCUT2D eigenvalue weighted by molar-refractivity contribution is 5.82. The van der Waals surface area contributed by atoms with Gasteiger partial charge in [0, 0.05) is 17.7 Å². The number of nitrogens with one attached hydrogen (secondary N) is 2. The van der Waals surface area contributed by atoms with Crippen molar-refractivity contribution in [1.82, 2.24) is 5.32 Å². The van der Waals surface area contributed by atoms with E-state index in [4.69, 9.17) is 9.47 Å². The van der Waals surface area contributed by atoms with Gasteiger partial charge in [0.25, 0.3) is 0 Å². The summed E-state index contributed by atoms with van der Waals surface area (Å²) in [6.07, 6.45) is -0.344. The molecular formula is C24H30N2O4. The number of amides is 1. The Morgan fingerprint density at radius 2 is 1.80 bits per heavy atom. The second kappa shape index (κ2) is 8.01. The zero-order valence-electron chi connectivity index (χ0n) is 18.5. The van der Waals surface area contributed by atoms with Gasteiger partial charge in [-0.25, -0.2) is 9.59 Å². The standard InChI is InChI=1S/C24H30N2O4/c1-23(2,3)30-22(28)25-20(21(27)29-6)13-15-8-7-9-16(12-15)17-10-11-19-18(14-17)24(4,5)26-19/h7-12,14,20,26H,13H2,1-6H3,(H,25,28)/t20-/m0/s1. The number of benzene rings is 2. The molecule has 1 heterocycles. The van der Waals surface area contributed by atoms with Gasteiger partial charge in [0.15, 0.2) is 0 Å². The zero-order chi connectivity index (χ0) is 22.1. The van der Waals surface area contributed by atoms with Crippen molar-refractivity contribution >= 4 is 17.7 Å². The van der Waals surface area contributed by atoms with E-state index in [1.807, 2.05) is 24.3 Å². The van der Waals surface area contributed by atoms with E-state index in [0.29, 0.717) is 6.42 Å². The third-order valence-electron chi connectivity index (χ3n) is 5.02. The van der Waals surface area contributed by atoms with Crippen LogP contribution in [0.25, 0.3) is 11.1 Å². The summed E-state index contributed by atoms with van der Waals surface area (Å²) < 4.78 is 10.2. The zero-order valence-corrected chi connectivity index (χ0v) is 18.5. The number of alkyl carbamates (subject to hydrolysis) is 1. The molecule has 0 saturated heterocycles. The van der Waals surface area contributed by atoms with Crippen LogP contribution in [0.15, 0.2) is 42.5 Å². The van der Waals surface area contributed by atoms with Crippen LogP contribution in [-0.2, 0) is 26.2 Å². The minimum atomic E-state index is -0.833. The van der Waals surface area contributed by atoms with Gasteiger partial charge >= 0.3 is 12.1 Å². The monoisotopic (exact) mass is 410 g/mol. The van der Waals surface area contributed by atoms with Gasteiger partial charge in [-0.1, -0.05) is 30.3 Å².